The van der Waals surface area contributed by atoms with Crippen molar-refractivity contribution in [3.63, 3.8) is 0 Å². The molecule has 17 heavy (non-hydrogen) atoms. The maximum Gasteiger partial charge on any atom is 0.259 e. The van der Waals surface area contributed by atoms with Crippen LogP contribution in [0.4, 0.5) is 0 Å². The van der Waals surface area contributed by atoms with Crippen LogP contribution in [-0.4, -0.2) is 48.7 Å². The van der Waals surface area contributed by atoms with Crippen molar-refractivity contribution < 1.29 is 17.9 Å². The van der Waals surface area contributed by atoms with E-state index in [1.54, 1.807) is 0 Å². The number of nitrogens with zero attached hydrogens (tertiary/aromatic N) is 1. The Hall–Kier alpha value is -0.660. The first kappa shape index (κ1) is 12.8. The molecule has 0 aromatic heterocycles. The molecule has 2 N–H and O–H groups in total. The second-order valence-electron chi connectivity index (χ2n) is 5.13. The smallest absolute Gasteiger partial charge is 0.259 e. The minimum atomic E-state index is -3.57. The van der Waals surface area contributed by atoms with Crippen LogP contribution in [0.2, 0.25) is 0 Å². The summed E-state index contributed by atoms with van der Waals surface area (Å²) >= 11 is 0. The molecule has 0 saturated carbocycles. The molecule has 0 spiro atoms. The van der Waals surface area contributed by atoms with Crippen molar-refractivity contribution in [1.29, 1.82) is 0 Å². The number of rotatable bonds is 2. The Bertz CT molecular complexity index is 437. The zero-order valence-corrected chi connectivity index (χ0v) is 10.9. The Balaban J connectivity index is 2.38. The molecule has 0 unspecified atom stereocenters. The van der Waals surface area contributed by atoms with Gasteiger partial charge in [-0.1, -0.05) is 0 Å². The summed E-state index contributed by atoms with van der Waals surface area (Å²) < 4.78 is 29.2. The van der Waals surface area contributed by atoms with E-state index in [2.05, 4.69) is 0 Å². The Morgan fingerprint density at radius 3 is 2.29 bits per heavy atom. The highest BCUT2D eigenvalue weighted by Gasteiger charge is 2.66. The minimum absolute atomic E-state index is 0.150. The van der Waals surface area contributed by atoms with Crippen LogP contribution < -0.4 is 5.73 Å². The lowest BCUT2D eigenvalue weighted by Gasteiger charge is -2.54. The largest absolute Gasteiger partial charge is 0.381 e. The van der Waals surface area contributed by atoms with E-state index in [0.29, 0.717) is 26.1 Å². The number of hydrogen-bond acceptors (Lipinski definition) is 5. The average Bonchev–Trinajstić information content (AvgIpc) is 2.30. The molecule has 6 nitrogen and oxygen atoms in total. The van der Waals surface area contributed by atoms with E-state index in [1.165, 1.54) is 13.8 Å². The fourth-order valence-electron chi connectivity index (χ4n) is 2.37. The standard InChI is InChI=1S/C10H18N2O4S/c1-9(2)8(13)12(17(9,14)15)10(7-11)3-5-16-6-4-10/h3-7,11H2,1-2H3. The monoisotopic (exact) mass is 262 g/mol. The zero-order valence-electron chi connectivity index (χ0n) is 10.1. The molecule has 7 heteroatoms. The number of ether oxygens (including phenoxy) is 1. The predicted octanol–water partition coefficient (Wildman–Crippen LogP) is -0.555. The fourth-order valence-corrected chi connectivity index (χ4v) is 4.21. The van der Waals surface area contributed by atoms with Gasteiger partial charge in [0.15, 0.2) is 4.75 Å². The quantitative estimate of drug-likeness (QED) is 0.721. The van der Waals surface area contributed by atoms with Gasteiger partial charge in [-0.05, 0) is 26.7 Å². The van der Waals surface area contributed by atoms with Gasteiger partial charge >= 0.3 is 0 Å². The van der Waals surface area contributed by atoms with Crippen LogP contribution in [0.25, 0.3) is 0 Å². The van der Waals surface area contributed by atoms with E-state index in [-0.39, 0.29) is 12.5 Å². The van der Waals surface area contributed by atoms with Gasteiger partial charge in [-0.15, -0.1) is 0 Å². The summed E-state index contributed by atoms with van der Waals surface area (Å²) in [7, 11) is -3.57. The lowest BCUT2D eigenvalue weighted by Crippen LogP contribution is -2.76. The number of carbonyl (C=O) groups excluding carboxylic acids is 1. The number of nitrogens with two attached hydrogens (primary N) is 1. The first-order chi connectivity index (χ1) is 7.79. The van der Waals surface area contributed by atoms with Crippen LogP contribution in [0.15, 0.2) is 0 Å². The van der Waals surface area contributed by atoms with Gasteiger partial charge in [0, 0.05) is 19.8 Å². The lowest BCUT2D eigenvalue weighted by atomic mass is 9.89. The van der Waals surface area contributed by atoms with Crippen LogP contribution in [0.1, 0.15) is 26.7 Å². The van der Waals surface area contributed by atoms with Crippen molar-refractivity contribution in [2.24, 2.45) is 5.73 Å². The summed E-state index contributed by atoms with van der Waals surface area (Å²) in [6.45, 7) is 3.90. The molecule has 2 rings (SSSR count). The van der Waals surface area contributed by atoms with Crippen LogP contribution >= 0.6 is 0 Å². The normalized spacial score (nSPS) is 29.8. The number of sulfonamides is 1. The van der Waals surface area contributed by atoms with Crippen LogP contribution in [-0.2, 0) is 19.6 Å². The van der Waals surface area contributed by atoms with Crippen LogP contribution in [0, 0.1) is 0 Å². The topological polar surface area (TPSA) is 89.7 Å². The highest BCUT2D eigenvalue weighted by Crippen LogP contribution is 2.43. The summed E-state index contributed by atoms with van der Waals surface area (Å²) in [5, 5.41) is 0. The highest BCUT2D eigenvalue weighted by atomic mass is 32.2. The Kier molecular flexibility index (Phi) is 2.76. The molecule has 2 aliphatic heterocycles. The SMILES string of the molecule is CC1(C)C(=O)N(C2(CN)CCOCC2)S1(=O)=O. The van der Waals surface area contributed by atoms with Crippen molar-refractivity contribution in [1.82, 2.24) is 4.31 Å². The van der Waals surface area contributed by atoms with Gasteiger partial charge in [0.05, 0.1) is 5.54 Å². The Labute approximate surface area is 101 Å². The molecule has 2 aliphatic rings. The van der Waals surface area contributed by atoms with Crippen molar-refractivity contribution >= 4 is 15.9 Å². The maximum absolute atomic E-state index is 12.2. The van der Waals surface area contributed by atoms with Crippen LogP contribution in [0.5, 0.6) is 0 Å². The molecule has 98 valence electrons. The zero-order chi connectivity index (χ0) is 12.9. The maximum atomic E-state index is 12.2. The first-order valence-corrected chi connectivity index (χ1v) is 7.11. The molecule has 0 radical (unpaired) electrons. The van der Waals surface area contributed by atoms with Crippen LogP contribution in [0.3, 0.4) is 0 Å². The molecular formula is C10H18N2O4S. The Morgan fingerprint density at radius 2 is 1.88 bits per heavy atom. The van der Waals surface area contributed by atoms with E-state index in [4.69, 9.17) is 10.5 Å². The molecule has 0 atom stereocenters. The summed E-state index contributed by atoms with van der Waals surface area (Å²) in [4.78, 5) is 12.0. The second kappa shape index (κ2) is 3.66. The number of amides is 1. The van der Waals surface area contributed by atoms with E-state index in [1.807, 2.05) is 0 Å². The molecule has 1 amide bonds. The van der Waals surface area contributed by atoms with Crippen molar-refractivity contribution in [2.45, 2.75) is 37.0 Å². The third-order valence-electron chi connectivity index (χ3n) is 3.82. The van der Waals surface area contributed by atoms with Crippen molar-refractivity contribution in [2.75, 3.05) is 19.8 Å². The van der Waals surface area contributed by atoms with Gasteiger partial charge in [-0.2, -0.15) is 0 Å². The molecule has 0 aromatic rings. The minimum Gasteiger partial charge on any atom is -0.381 e. The molecular weight excluding hydrogens is 244 g/mol. The van der Waals surface area contributed by atoms with E-state index >= 15 is 0 Å². The Morgan fingerprint density at radius 1 is 1.35 bits per heavy atom. The molecule has 2 fully saturated rings. The van der Waals surface area contributed by atoms with Crippen molar-refractivity contribution in [3.8, 4) is 0 Å². The molecule has 2 saturated heterocycles. The third-order valence-corrected chi connectivity index (χ3v) is 6.32. The number of hydrogen-bond donors (Lipinski definition) is 1. The number of carbonyl (C=O) groups is 1. The van der Waals surface area contributed by atoms with Gasteiger partial charge in [-0.3, -0.25) is 4.79 Å². The summed E-state index contributed by atoms with van der Waals surface area (Å²) in [5.74, 6) is -0.357. The van der Waals surface area contributed by atoms with Gasteiger partial charge in [0.2, 0.25) is 0 Å². The highest BCUT2D eigenvalue weighted by molar-refractivity contribution is 7.94. The van der Waals surface area contributed by atoms with Crippen molar-refractivity contribution in [3.05, 3.63) is 0 Å². The second-order valence-corrected chi connectivity index (χ2v) is 7.46. The molecule has 0 aliphatic carbocycles. The van der Waals surface area contributed by atoms with E-state index in [0.717, 1.165) is 4.31 Å². The van der Waals surface area contributed by atoms with E-state index in [9.17, 15) is 13.2 Å². The summed E-state index contributed by atoms with van der Waals surface area (Å²) in [6.07, 6.45) is 0.953. The van der Waals surface area contributed by atoms with Gasteiger partial charge < -0.3 is 10.5 Å². The molecule has 2 heterocycles. The molecule has 0 aromatic carbocycles. The molecule has 0 bridgehead atoms. The fraction of sp³-hybridized carbons (Fsp3) is 0.900. The van der Waals surface area contributed by atoms with E-state index < -0.39 is 20.3 Å². The van der Waals surface area contributed by atoms with Gasteiger partial charge in [-0.25, -0.2) is 12.7 Å². The first-order valence-electron chi connectivity index (χ1n) is 5.67. The predicted molar refractivity (Wildman–Crippen MR) is 61.7 cm³/mol. The van der Waals surface area contributed by atoms with Gasteiger partial charge in [0.1, 0.15) is 0 Å². The summed E-state index contributed by atoms with van der Waals surface area (Å²) in [5.41, 5.74) is 4.93. The third kappa shape index (κ3) is 1.45. The van der Waals surface area contributed by atoms with Gasteiger partial charge in [0.25, 0.3) is 15.9 Å². The summed E-state index contributed by atoms with van der Waals surface area (Å²) in [6, 6.07) is 0. The average molecular weight is 262 g/mol. The lowest BCUT2D eigenvalue weighted by molar-refractivity contribution is -0.140.